The van der Waals surface area contributed by atoms with Gasteiger partial charge in [0.05, 0.1) is 6.54 Å². The summed E-state index contributed by atoms with van der Waals surface area (Å²) in [4.78, 5) is 25.4. The van der Waals surface area contributed by atoms with Crippen LogP contribution in [0.4, 0.5) is 10.1 Å². The Morgan fingerprint density at radius 3 is 2.52 bits per heavy atom. The summed E-state index contributed by atoms with van der Waals surface area (Å²) in [5.74, 6) is -0.649. The van der Waals surface area contributed by atoms with E-state index in [1.165, 1.54) is 36.2 Å². The van der Waals surface area contributed by atoms with Gasteiger partial charge in [0, 0.05) is 17.2 Å². The van der Waals surface area contributed by atoms with E-state index in [-0.39, 0.29) is 30.8 Å². The van der Waals surface area contributed by atoms with E-state index in [4.69, 9.17) is 4.74 Å². The average Bonchev–Trinajstić information content (AvgIpc) is 2.56. The lowest BCUT2D eigenvalue weighted by Crippen LogP contribution is -2.37. The number of carbonyl (C=O) groups excluding carboxylic acids is 2. The summed E-state index contributed by atoms with van der Waals surface area (Å²) in [6.45, 7) is 1.56. The molecule has 2 amide bonds. The van der Waals surface area contributed by atoms with Gasteiger partial charge < -0.3 is 15.0 Å². The van der Waals surface area contributed by atoms with Gasteiger partial charge in [-0.15, -0.1) is 0 Å². The highest BCUT2D eigenvalue weighted by atomic mass is 79.9. The maximum atomic E-state index is 12.8. The molecule has 0 atom stereocenters. The number of aryl methyl sites for hydroxylation is 1. The molecular weight excluding hydrogens is 391 g/mol. The quantitative estimate of drug-likeness (QED) is 0.796. The van der Waals surface area contributed by atoms with Crippen LogP contribution in [0, 0.1) is 12.7 Å². The molecule has 2 aromatic carbocycles. The second kappa shape index (κ2) is 8.62. The number of benzene rings is 2. The number of carbonyl (C=O) groups is 2. The normalized spacial score (nSPS) is 10.2. The van der Waals surface area contributed by atoms with Gasteiger partial charge in [0.1, 0.15) is 11.6 Å². The number of nitrogens with zero attached hydrogens (tertiary/aromatic N) is 1. The van der Waals surface area contributed by atoms with Gasteiger partial charge in [-0.05, 0) is 55.0 Å². The number of hydrogen-bond acceptors (Lipinski definition) is 3. The molecule has 0 unspecified atom stereocenters. The molecule has 0 heterocycles. The Bertz CT molecular complexity index is 765. The number of likely N-dealkylation sites (N-methyl/N-ethyl adjacent to an activating group) is 1. The molecule has 0 aliphatic rings. The van der Waals surface area contributed by atoms with Crippen LogP contribution in [-0.2, 0) is 9.59 Å². The molecule has 0 spiro atoms. The van der Waals surface area contributed by atoms with Crippen molar-refractivity contribution < 1.29 is 18.7 Å². The molecule has 2 rings (SSSR count). The Morgan fingerprint density at radius 2 is 1.88 bits per heavy atom. The van der Waals surface area contributed by atoms with Crippen molar-refractivity contribution >= 4 is 33.4 Å². The van der Waals surface area contributed by atoms with Gasteiger partial charge in [0.25, 0.3) is 5.91 Å². The lowest BCUT2D eigenvalue weighted by molar-refractivity contribution is -0.135. The van der Waals surface area contributed by atoms with E-state index < -0.39 is 0 Å². The van der Waals surface area contributed by atoms with Gasteiger partial charge in [-0.2, -0.15) is 0 Å². The first-order valence-corrected chi connectivity index (χ1v) is 8.33. The second-order valence-electron chi connectivity index (χ2n) is 5.50. The summed E-state index contributed by atoms with van der Waals surface area (Å²) in [5.41, 5.74) is 1.60. The van der Waals surface area contributed by atoms with Crippen LogP contribution in [0.5, 0.6) is 5.75 Å². The van der Waals surface area contributed by atoms with Crippen molar-refractivity contribution in [3.63, 3.8) is 0 Å². The smallest absolute Gasteiger partial charge is 0.260 e. The first kappa shape index (κ1) is 18.9. The molecule has 5 nitrogen and oxygen atoms in total. The Labute approximate surface area is 153 Å². The minimum absolute atomic E-state index is 0.0961. The third-order valence-corrected chi connectivity index (χ3v) is 3.94. The molecular formula is C18H18BrFN2O3. The topological polar surface area (TPSA) is 58.6 Å². The lowest BCUT2D eigenvalue weighted by atomic mass is 10.2. The first-order chi connectivity index (χ1) is 11.8. The predicted molar refractivity (Wildman–Crippen MR) is 97.0 cm³/mol. The zero-order valence-corrected chi connectivity index (χ0v) is 15.5. The summed E-state index contributed by atoms with van der Waals surface area (Å²) in [5, 5.41) is 2.77. The fraction of sp³-hybridized carbons (Fsp3) is 0.222. The van der Waals surface area contributed by atoms with Gasteiger partial charge in [0.15, 0.2) is 6.61 Å². The molecule has 0 aromatic heterocycles. The van der Waals surface area contributed by atoms with Gasteiger partial charge in [-0.1, -0.05) is 15.9 Å². The molecule has 0 bridgehead atoms. The van der Waals surface area contributed by atoms with Crippen molar-refractivity contribution in [1.82, 2.24) is 4.90 Å². The molecule has 0 fully saturated rings. The van der Waals surface area contributed by atoms with Crippen LogP contribution < -0.4 is 10.1 Å². The van der Waals surface area contributed by atoms with Crippen molar-refractivity contribution in [1.29, 1.82) is 0 Å². The highest BCUT2D eigenvalue weighted by Gasteiger charge is 2.14. The van der Waals surface area contributed by atoms with Crippen molar-refractivity contribution in [2.24, 2.45) is 0 Å². The lowest BCUT2D eigenvalue weighted by Gasteiger charge is -2.17. The Hall–Kier alpha value is -2.41. The zero-order valence-electron chi connectivity index (χ0n) is 13.9. The maximum Gasteiger partial charge on any atom is 0.260 e. The average molecular weight is 409 g/mol. The standard InChI is InChI=1S/C18H18BrFN2O3/c1-12-9-13(19)3-8-16(12)21-17(23)10-22(2)18(24)11-25-15-6-4-14(20)5-7-15/h3-9H,10-11H2,1-2H3,(H,21,23). The number of amides is 2. The minimum Gasteiger partial charge on any atom is -0.484 e. The Balaban J connectivity index is 1.83. The summed E-state index contributed by atoms with van der Waals surface area (Å²) in [6, 6.07) is 10.9. The number of halogens is 2. The minimum atomic E-state index is -0.379. The fourth-order valence-corrected chi connectivity index (χ4v) is 2.52. The number of nitrogens with one attached hydrogen (secondary N) is 1. The van der Waals surface area contributed by atoms with Gasteiger partial charge >= 0.3 is 0 Å². The van der Waals surface area contributed by atoms with E-state index in [0.717, 1.165) is 10.0 Å². The van der Waals surface area contributed by atoms with Gasteiger partial charge in [-0.3, -0.25) is 9.59 Å². The number of hydrogen-bond donors (Lipinski definition) is 1. The highest BCUT2D eigenvalue weighted by molar-refractivity contribution is 9.10. The summed E-state index contributed by atoms with van der Waals surface area (Å²) in [7, 11) is 1.52. The molecule has 132 valence electrons. The number of rotatable bonds is 6. The summed E-state index contributed by atoms with van der Waals surface area (Å²) >= 11 is 3.36. The van der Waals surface area contributed by atoms with Gasteiger partial charge in [0.2, 0.25) is 5.91 Å². The van der Waals surface area contributed by atoms with E-state index >= 15 is 0 Å². The van der Waals surface area contributed by atoms with Gasteiger partial charge in [-0.25, -0.2) is 4.39 Å². The van der Waals surface area contributed by atoms with Crippen LogP contribution in [0.15, 0.2) is 46.9 Å². The first-order valence-electron chi connectivity index (χ1n) is 7.53. The molecule has 0 saturated carbocycles. The van der Waals surface area contributed by atoms with Crippen LogP contribution in [0.25, 0.3) is 0 Å². The molecule has 1 N–H and O–H groups in total. The monoisotopic (exact) mass is 408 g/mol. The molecule has 25 heavy (non-hydrogen) atoms. The maximum absolute atomic E-state index is 12.8. The van der Waals surface area contributed by atoms with Crippen LogP contribution in [0.2, 0.25) is 0 Å². The number of anilines is 1. The molecule has 2 aromatic rings. The van der Waals surface area contributed by atoms with E-state index in [1.54, 1.807) is 6.07 Å². The Morgan fingerprint density at radius 1 is 1.20 bits per heavy atom. The van der Waals surface area contributed by atoms with Crippen LogP contribution in [-0.4, -0.2) is 36.9 Å². The third-order valence-electron chi connectivity index (χ3n) is 3.45. The SMILES string of the molecule is Cc1cc(Br)ccc1NC(=O)CN(C)C(=O)COc1ccc(F)cc1. The molecule has 0 aliphatic carbocycles. The van der Waals surface area contributed by atoms with E-state index in [1.807, 2.05) is 19.1 Å². The van der Waals surface area contributed by atoms with E-state index in [2.05, 4.69) is 21.2 Å². The van der Waals surface area contributed by atoms with Crippen LogP contribution >= 0.6 is 15.9 Å². The van der Waals surface area contributed by atoms with Crippen LogP contribution in [0.3, 0.4) is 0 Å². The van der Waals surface area contributed by atoms with Crippen molar-refractivity contribution in [2.75, 3.05) is 25.5 Å². The molecule has 0 saturated heterocycles. The summed E-state index contributed by atoms with van der Waals surface area (Å²) < 4.78 is 19.0. The second-order valence-corrected chi connectivity index (χ2v) is 6.42. The predicted octanol–water partition coefficient (Wildman–Crippen LogP) is 3.37. The van der Waals surface area contributed by atoms with Crippen molar-refractivity contribution in [2.45, 2.75) is 6.92 Å². The fourth-order valence-electron chi connectivity index (χ4n) is 2.05. The molecule has 0 aliphatic heterocycles. The van der Waals surface area contributed by atoms with E-state index in [0.29, 0.717) is 11.4 Å². The van der Waals surface area contributed by atoms with Crippen molar-refractivity contribution in [3.8, 4) is 5.75 Å². The summed E-state index contributed by atoms with van der Waals surface area (Å²) in [6.07, 6.45) is 0. The number of ether oxygens (including phenoxy) is 1. The highest BCUT2D eigenvalue weighted by Crippen LogP contribution is 2.20. The zero-order chi connectivity index (χ0) is 18.4. The Kier molecular flexibility index (Phi) is 6.52. The van der Waals surface area contributed by atoms with Crippen molar-refractivity contribution in [3.05, 3.63) is 58.3 Å². The largest absolute Gasteiger partial charge is 0.484 e. The molecule has 0 radical (unpaired) electrons. The molecule has 7 heteroatoms. The van der Waals surface area contributed by atoms with Crippen LogP contribution in [0.1, 0.15) is 5.56 Å². The third kappa shape index (κ3) is 5.86. The van der Waals surface area contributed by atoms with E-state index in [9.17, 15) is 14.0 Å².